The Labute approximate surface area is 131 Å². The fourth-order valence-electron chi connectivity index (χ4n) is 6.02. The Morgan fingerprint density at radius 2 is 1.29 bits per heavy atom. The highest BCUT2D eigenvalue weighted by molar-refractivity contribution is 5.89. The Bertz CT molecular complexity index is 448. The summed E-state index contributed by atoms with van der Waals surface area (Å²) in [7, 11) is 0. The molecule has 2 unspecified atom stereocenters. The Morgan fingerprint density at radius 1 is 0.762 bits per heavy atom. The van der Waals surface area contributed by atoms with Crippen LogP contribution in [0.25, 0.3) is 0 Å². The SMILES string of the molecule is CC12CCC(CC1)C2(C)C.CC12CCC(CC1=O)C2(C)C. The monoisotopic (exact) mass is 290 g/mol. The van der Waals surface area contributed by atoms with Crippen LogP contribution in [0.15, 0.2) is 0 Å². The summed E-state index contributed by atoms with van der Waals surface area (Å²) >= 11 is 0. The Morgan fingerprint density at radius 3 is 1.43 bits per heavy atom. The van der Waals surface area contributed by atoms with Crippen molar-refractivity contribution in [1.29, 1.82) is 0 Å². The molecule has 0 amide bonds. The predicted molar refractivity (Wildman–Crippen MR) is 88.1 cm³/mol. The highest BCUT2D eigenvalue weighted by Gasteiger charge is 2.61. The van der Waals surface area contributed by atoms with Gasteiger partial charge in [0.15, 0.2) is 0 Å². The van der Waals surface area contributed by atoms with E-state index in [0.717, 1.165) is 18.8 Å². The van der Waals surface area contributed by atoms with Crippen LogP contribution in [0, 0.1) is 33.5 Å². The van der Waals surface area contributed by atoms with Crippen LogP contribution >= 0.6 is 0 Å². The molecule has 0 aliphatic heterocycles. The molecular weight excluding hydrogens is 256 g/mol. The quantitative estimate of drug-likeness (QED) is 0.565. The van der Waals surface area contributed by atoms with Gasteiger partial charge in [-0.1, -0.05) is 41.5 Å². The molecule has 0 heterocycles. The number of carbonyl (C=O) groups excluding carboxylic acids is 1. The molecule has 4 aliphatic rings. The van der Waals surface area contributed by atoms with Gasteiger partial charge in [0.05, 0.1) is 0 Å². The minimum Gasteiger partial charge on any atom is -0.299 e. The van der Waals surface area contributed by atoms with Gasteiger partial charge < -0.3 is 0 Å². The first-order valence-electron chi connectivity index (χ1n) is 9.08. The normalized spacial score (nSPS) is 48.4. The third-order valence-electron chi connectivity index (χ3n) is 9.15. The maximum atomic E-state index is 11.6. The van der Waals surface area contributed by atoms with Crippen molar-refractivity contribution in [2.24, 2.45) is 33.5 Å². The molecule has 0 spiro atoms. The second-order valence-corrected chi connectivity index (χ2v) is 9.97. The Balaban J connectivity index is 0.000000126. The Kier molecular flexibility index (Phi) is 3.23. The van der Waals surface area contributed by atoms with Gasteiger partial charge >= 0.3 is 0 Å². The summed E-state index contributed by atoms with van der Waals surface area (Å²) in [4.78, 5) is 11.6. The molecule has 0 aromatic rings. The maximum absolute atomic E-state index is 11.6. The molecule has 0 N–H and O–H groups in total. The summed E-state index contributed by atoms with van der Waals surface area (Å²) in [5.41, 5.74) is 1.67. The van der Waals surface area contributed by atoms with E-state index in [1.807, 2.05) is 0 Å². The molecule has 4 aliphatic carbocycles. The van der Waals surface area contributed by atoms with Crippen molar-refractivity contribution in [3.63, 3.8) is 0 Å². The zero-order valence-electron chi connectivity index (χ0n) is 15.0. The van der Waals surface area contributed by atoms with Gasteiger partial charge in [-0.25, -0.2) is 0 Å². The zero-order chi connectivity index (χ0) is 15.7. The molecule has 0 radical (unpaired) electrons. The highest BCUT2D eigenvalue weighted by atomic mass is 16.1. The van der Waals surface area contributed by atoms with Crippen molar-refractivity contribution in [2.75, 3.05) is 0 Å². The van der Waals surface area contributed by atoms with E-state index in [4.69, 9.17) is 0 Å². The van der Waals surface area contributed by atoms with Crippen LogP contribution in [0.5, 0.6) is 0 Å². The first-order chi connectivity index (χ1) is 9.55. The molecule has 2 atom stereocenters. The fraction of sp³-hybridized carbons (Fsp3) is 0.950. The summed E-state index contributed by atoms with van der Waals surface area (Å²) < 4.78 is 0. The molecule has 120 valence electrons. The number of Topliss-reactive ketones (excluding diaryl/α,β-unsaturated/α-hetero) is 1. The van der Waals surface area contributed by atoms with Gasteiger partial charge in [0.1, 0.15) is 5.78 Å². The van der Waals surface area contributed by atoms with E-state index in [-0.39, 0.29) is 10.8 Å². The van der Waals surface area contributed by atoms with Gasteiger partial charge in [0.25, 0.3) is 0 Å². The highest BCUT2D eigenvalue weighted by Crippen LogP contribution is 2.65. The van der Waals surface area contributed by atoms with E-state index in [1.165, 1.54) is 32.1 Å². The van der Waals surface area contributed by atoms with E-state index < -0.39 is 0 Å². The molecule has 4 rings (SSSR count). The molecule has 0 aromatic carbocycles. The summed E-state index contributed by atoms with van der Waals surface area (Å²) in [6.07, 6.45) is 9.24. The lowest BCUT2D eigenvalue weighted by Crippen LogP contribution is -2.32. The van der Waals surface area contributed by atoms with Crippen LogP contribution < -0.4 is 0 Å². The van der Waals surface area contributed by atoms with Crippen molar-refractivity contribution in [3.8, 4) is 0 Å². The van der Waals surface area contributed by atoms with E-state index in [1.54, 1.807) is 0 Å². The second-order valence-electron chi connectivity index (χ2n) is 9.97. The number of hydrogen-bond donors (Lipinski definition) is 0. The lowest BCUT2D eigenvalue weighted by Gasteiger charge is -2.34. The number of ketones is 1. The molecule has 1 heteroatoms. The van der Waals surface area contributed by atoms with E-state index in [2.05, 4.69) is 41.5 Å². The van der Waals surface area contributed by atoms with Crippen LogP contribution in [-0.4, -0.2) is 5.78 Å². The topological polar surface area (TPSA) is 17.1 Å². The van der Waals surface area contributed by atoms with E-state index >= 15 is 0 Å². The summed E-state index contributed by atoms with van der Waals surface area (Å²) in [6.45, 7) is 14.1. The van der Waals surface area contributed by atoms with Crippen molar-refractivity contribution < 1.29 is 4.79 Å². The standard InChI is InChI=1S/C10H16O.C10H18/c1-9(2)7-4-5-10(9,3)8(11)6-7;1-9(2)8-4-6-10(9,3)7-5-8/h7H,4-6H2,1-3H3;8H,4-7H2,1-3H3. The van der Waals surface area contributed by atoms with Gasteiger partial charge in [-0.05, 0) is 66.6 Å². The zero-order valence-corrected chi connectivity index (χ0v) is 15.0. The van der Waals surface area contributed by atoms with Crippen LogP contribution in [0.4, 0.5) is 0 Å². The first kappa shape index (κ1) is 15.6. The third kappa shape index (κ3) is 1.85. The average Bonchev–Trinajstić information content (AvgIpc) is 2.91. The van der Waals surface area contributed by atoms with Crippen LogP contribution in [0.2, 0.25) is 0 Å². The van der Waals surface area contributed by atoms with Crippen molar-refractivity contribution in [3.05, 3.63) is 0 Å². The van der Waals surface area contributed by atoms with Gasteiger partial charge in [-0.15, -0.1) is 0 Å². The third-order valence-corrected chi connectivity index (χ3v) is 9.15. The van der Waals surface area contributed by atoms with Crippen LogP contribution in [0.3, 0.4) is 0 Å². The molecular formula is C20H34O. The molecule has 4 saturated carbocycles. The fourth-order valence-corrected chi connectivity index (χ4v) is 6.02. The molecule has 4 fully saturated rings. The van der Waals surface area contributed by atoms with Crippen molar-refractivity contribution in [2.45, 2.75) is 86.5 Å². The smallest absolute Gasteiger partial charge is 0.139 e. The largest absolute Gasteiger partial charge is 0.299 e. The molecule has 0 saturated heterocycles. The summed E-state index contributed by atoms with van der Waals surface area (Å²) in [5.74, 6) is 2.25. The minimum absolute atomic E-state index is 0.0255. The first-order valence-corrected chi connectivity index (χ1v) is 9.08. The maximum Gasteiger partial charge on any atom is 0.139 e. The molecule has 4 bridgehead atoms. The van der Waals surface area contributed by atoms with Gasteiger partial charge in [0.2, 0.25) is 0 Å². The number of carbonyl (C=O) groups is 1. The van der Waals surface area contributed by atoms with Gasteiger partial charge in [-0.2, -0.15) is 0 Å². The van der Waals surface area contributed by atoms with Crippen LogP contribution in [-0.2, 0) is 4.79 Å². The molecule has 21 heavy (non-hydrogen) atoms. The summed E-state index contributed by atoms with van der Waals surface area (Å²) in [5, 5.41) is 0. The summed E-state index contributed by atoms with van der Waals surface area (Å²) in [6, 6.07) is 0. The Hall–Kier alpha value is -0.330. The molecule has 1 nitrogen and oxygen atoms in total. The second kappa shape index (κ2) is 4.36. The predicted octanol–water partition coefficient (Wildman–Crippen LogP) is 5.62. The number of rotatable bonds is 0. The lowest BCUT2D eigenvalue weighted by molar-refractivity contribution is -0.128. The van der Waals surface area contributed by atoms with Crippen LogP contribution in [0.1, 0.15) is 86.5 Å². The number of hydrogen-bond acceptors (Lipinski definition) is 1. The molecule has 0 aromatic heterocycles. The van der Waals surface area contributed by atoms with E-state index in [0.29, 0.717) is 22.5 Å². The van der Waals surface area contributed by atoms with Crippen molar-refractivity contribution >= 4 is 5.78 Å². The van der Waals surface area contributed by atoms with Crippen molar-refractivity contribution in [1.82, 2.24) is 0 Å². The average molecular weight is 290 g/mol. The van der Waals surface area contributed by atoms with E-state index in [9.17, 15) is 4.79 Å². The van der Waals surface area contributed by atoms with Gasteiger partial charge in [-0.3, -0.25) is 4.79 Å². The lowest BCUT2D eigenvalue weighted by atomic mass is 9.70. The number of fused-ring (bicyclic) bond motifs is 4. The minimum atomic E-state index is 0.0255. The van der Waals surface area contributed by atoms with Gasteiger partial charge in [0, 0.05) is 11.8 Å².